The summed E-state index contributed by atoms with van der Waals surface area (Å²) in [5.41, 5.74) is 49.5. The SMILES string of the molecule is CC(C)C[C@H](NC(=O)[C@H](CCCCN)NC(=O)[C@H](CC(N)=O)NC(=O)[C@H](CCCCN)NC(=O)[C@@H](N)CCCN=C(N)N)C(=O)N[C@@H](CCCN=C(N)N)C(=O)N[C@@H](CCC(N)=O)C(=O)O. The van der Waals surface area contributed by atoms with Gasteiger partial charge in [-0.25, -0.2) is 4.79 Å². The Morgan fingerprint density at radius 2 is 0.848 bits per heavy atom. The van der Waals surface area contributed by atoms with Crippen LogP contribution in [0.1, 0.15) is 104 Å². The maximum Gasteiger partial charge on any atom is 0.326 e. The van der Waals surface area contributed by atoms with Gasteiger partial charge in [-0.05, 0) is 96.1 Å². The molecule has 0 unspecified atom stereocenters. The van der Waals surface area contributed by atoms with Crippen LogP contribution < -0.4 is 83.5 Å². The third-order valence-electron chi connectivity index (χ3n) is 9.71. The lowest BCUT2D eigenvalue weighted by molar-refractivity contribution is -0.142. The number of hydrogen-bond donors (Lipinski definition) is 16. The first-order chi connectivity index (χ1) is 31.0. The maximum atomic E-state index is 14.0. The highest BCUT2D eigenvalue weighted by molar-refractivity contribution is 5.98. The largest absolute Gasteiger partial charge is 0.480 e. The van der Waals surface area contributed by atoms with Gasteiger partial charge in [-0.15, -0.1) is 0 Å². The lowest BCUT2D eigenvalue weighted by atomic mass is 10.0. The van der Waals surface area contributed by atoms with E-state index in [1.165, 1.54) is 0 Å². The van der Waals surface area contributed by atoms with Gasteiger partial charge in [0, 0.05) is 19.5 Å². The number of unbranched alkanes of at least 4 members (excludes halogenated alkanes) is 2. The number of rotatable bonds is 36. The number of carbonyl (C=O) groups is 9. The molecule has 0 rings (SSSR count). The molecule has 0 aliphatic carbocycles. The number of hydrogen-bond acceptors (Lipinski definition) is 14. The van der Waals surface area contributed by atoms with Crippen molar-refractivity contribution in [3.05, 3.63) is 0 Å². The molecule has 66 heavy (non-hydrogen) atoms. The smallest absolute Gasteiger partial charge is 0.326 e. The van der Waals surface area contributed by atoms with E-state index >= 15 is 0 Å². The van der Waals surface area contributed by atoms with Crippen LogP contribution in [0.15, 0.2) is 9.98 Å². The van der Waals surface area contributed by atoms with Crippen LogP contribution in [0, 0.1) is 5.92 Å². The van der Waals surface area contributed by atoms with E-state index in [9.17, 15) is 48.3 Å². The first-order valence-corrected chi connectivity index (χ1v) is 21.9. The summed E-state index contributed by atoms with van der Waals surface area (Å²) in [4.78, 5) is 125. The summed E-state index contributed by atoms with van der Waals surface area (Å²) in [5.74, 6) is -8.96. The highest BCUT2D eigenvalue weighted by atomic mass is 16.4. The molecule has 0 aromatic carbocycles. The Hall–Kier alpha value is -6.35. The van der Waals surface area contributed by atoms with Crippen molar-refractivity contribution in [2.45, 2.75) is 146 Å². The number of nitrogens with one attached hydrogen (secondary N) is 6. The van der Waals surface area contributed by atoms with Crippen LogP contribution >= 0.6 is 0 Å². The van der Waals surface area contributed by atoms with Crippen molar-refractivity contribution < 1.29 is 48.3 Å². The fraction of sp³-hybridized carbons (Fsp3) is 0.718. The van der Waals surface area contributed by atoms with Crippen LogP contribution in [0.2, 0.25) is 0 Å². The first kappa shape index (κ1) is 59.6. The molecule has 0 spiro atoms. The molecular formula is C39H75N17O10. The van der Waals surface area contributed by atoms with Crippen molar-refractivity contribution in [1.29, 1.82) is 0 Å². The van der Waals surface area contributed by atoms with Gasteiger partial charge in [-0.2, -0.15) is 0 Å². The predicted molar refractivity (Wildman–Crippen MR) is 245 cm³/mol. The van der Waals surface area contributed by atoms with Crippen molar-refractivity contribution >= 4 is 65.1 Å². The third kappa shape index (κ3) is 27.1. The number of carboxylic acids is 1. The van der Waals surface area contributed by atoms with E-state index in [2.05, 4.69) is 41.9 Å². The predicted octanol–water partition coefficient (Wildman–Crippen LogP) is -6.14. The van der Waals surface area contributed by atoms with Gasteiger partial charge in [0.05, 0.1) is 12.5 Å². The van der Waals surface area contributed by atoms with Gasteiger partial charge in [-0.3, -0.25) is 48.3 Å². The summed E-state index contributed by atoms with van der Waals surface area (Å²) < 4.78 is 0. The minimum Gasteiger partial charge on any atom is -0.480 e. The molecule has 7 atom stereocenters. The summed E-state index contributed by atoms with van der Waals surface area (Å²) in [5, 5.41) is 24.7. The Bertz CT molecular complexity index is 1660. The summed E-state index contributed by atoms with van der Waals surface area (Å²) in [6, 6.07) is -9.50. The lowest BCUT2D eigenvalue weighted by Gasteiger charge is -2.28. The molecule has 8 amide bonds. The van der Waals surface area contributed by atoms with Crippen molar-refractivity contribution in [1.82, 2.24) is 31.9 Å². The minimum atomic E-state index is -1.63. The van der Waals surface area contributed by atoms with E-state index in [1.807, 2.05) is 0 Å². The molecule has 25 N–H and O–H groups in total. The summed E-state index contributed by atoms with van der Waals surface area (Å²) in [6.45, 7) is 4.29. The standard InChI is InChI=1S/C39H75N17O10/c1-21(2)19-27(35(63)53-25(12-8-18-50-39(47)48)32(60)54-26(37(65)66)13-14-29(43)57)55-34(62)24(11-4-6-16-41)52-36(64)28(20-30(44)58)56-33(61)23(10-3-5-15-40)51-31(59)22(42)9-7-17-49-38(45)46/h21-28H,3-20,40-42H2,1-2H3,(H2,43,57)(H2,44,58)(H,51,59)(H,52,64)(H,53,63)(H,54,60)(H,55,62)(H,56,61)(H,65,66)(H4,45,46,49)(H4,47,48,50)/t22-,23-,24-,25-,26-,27-,28-/m0/s1. The van der Waals surface area contributed by atoms with Gasteiger partial charge in [0.2, 0.25) is 47.3 Å². The van der Waals surface area contributed by atoms with Crippen LogP contribution in [0.4, 0.5) is 0 Å². The lowest BCUT2D eigenvalue weighted by Crippen LogP contribution is -2.60. The van der Waals surface area contributed by atoms with Gasteiger partial charge in [0.1, 0.15) is 36.3 Å². The second-order valence-electron chi connectivity index (χ2n) is 16.1. The average molecular weight is 942 g/mol. The Balaban J connectivity index is 6.53. The number of carboxylic acid groups (broad SMARTS) is 1. The van der Waals surface area contributed by atoms with Crippen LogP contribution in [0.3, 0.4) is 0 Å². The summed E-state index contributed by atoms with van der Waals surface area (Å²) >= 11 is 0. The molecular weight excluding hydrogens is 867 g/mol. The number of nitrogens with zero attached hydrogens (tertiary/aromatic N) is 2. The number of nitrogens with two attached hydrogens (primary N) is 9. The van der Waals surface area contributed by atoms with Gasteiger partial charge in [0.25, 0.3) is 0 Å². The molecule has 27 heteroatoms. The van der Waals surface area contributed by atoms with Gasteiger partial charge in [0.15, 0.2) is 11.9 Å². The number of primary amides is 2. The molecule has 0 aliphatic rings. The molecule has 0 radical (unpaired) electrons. The highest BCUT2D eigenvalue weighted by Gasteiger charge is 2.34. The molecule has 0 aromatic rings. The zero-order chi connectivity index (χ0) is 50.4. The zero-order valence-electron chi connectivity index (χ0n) is 38.1. The van der Waals surface area contributed by atoms with Crippen LogP contribution in [-0.4, -0.2) is 139 Å². The summed E-state index contributed by atoms with van der Waals surface area (Å²) in [7, 11) is 0. The molecule has 0 aliphatic heterocycles. The molecule has 0 heterocycles. The zero-order valence-corrected chi connectivity index (χ0v) is 38.1. The van der Waals surface area contributed by atoms with E-state index in [1.54, 1.807) is 13.8 Å². The normalized spacial score (nSPS) is 14.1. The van der Waals surface area contributed by atoms with E-state index in [4.69, 9.17) is 51.6 Å². The highest BCUT2D eigenvalue weighted by Crippen LogP contribution is 2.11. The number of aliphatic carboxylic acids is 1. The topological polar surface area (TPSA) is 505 Å². The van der Waals surface area contributed by atoms with Crippen molar-refractivity contribution in [3.8, 4) is 0 Å². The summed E-state index contributed by atoms with van der Waals surface area (Å²) in [6.07, 6.45) is 0.885. The van der Waals surface area contributed by atoms with E-state index in [0.717, 1.165) is 0 Å². The second-order valence-corrected chi connectivity index (χ2v) is 16.1. The number of aliphatic imine (C=N–C) groups is 2. The van der Waals surface area contributed by atoms with E-state index in [0.29, 0.717) is 32.1 Å². The molecule has 376 valence electrons. The molecule has 0 bridgehead atoms. The Morgan fingerprint density at radius 1 is 0.470 bits per heavy atom. The monoisotopic (exact) mass is 942 g/mol. The van der Waals surface area contributed by atoms with Crippen molar-refractivity contribution in [2.75, 3.05) is 26.2 Å². The quantitative estimate of drug-likeness (QED) is 0.0158. The Labute approximate surface area is 384 Å². The Morgan fingerprint density at radius 3 is 1.26 bits per heavy atom. The molecule has 0 saturated heterocycles. The molecule has 0 saturated carbocycles. The first-order valence-electron chi connectivity index (χ1n) is 21.9. The van der Waals surface area contributed by atoms with E-state index < -0.39 is 102 Å². The third-order valence-corrected chi connectivity index (χ3v) is 9.71. The van der Waals surface area contributed by atoms with Gasteiger partial charge in [-0.1, -0.05) is 13.8 Å². The Kier molecular flexibility index (Phi) is 30.0. The van der Waals surface area contributed by atoms with Crippen molar-refractivity contribution in [3.63, 3.8) is 0 Å². The number of carbonyl (C=O) groups excluding carboxylic acids is 8. The number of guanidine groups is 2. The van der Waals surface area contributed by atoms with E-state index in [-0.39, 0.29) is 95.4 Å². The maximum absolute atomic E-state index is 14.0. The van der Waals surface area contributed by atoms with Crippen LogP contribution in [-0.2, 0) is 43.2 Å². The second kappa shape index (κ2) is 33.2. The average Bonchev–Trinajstić information content (AvgIpc) is 3.22. The molecule has 0 aromatic heterocycles. The molecule has 27 nitrogen and oxygen atoms in total. The van der Waals surface area contributed by atoms with Crippen LogP contribution in [0.5, 0.6) is 0 Å². The fourth-order valence-electron chi connectivity index (χ4n) is 6.24. The van der Waals surface area contributed by atoms with Gasteiger partial charge < -0.3 is 88.6 Å². The van der Waals surface area contributed by atoms with Crippen molar-refractivity contribution in [2.24, 2.45) is 67.5 Å². The van der Waals surface area contributed by atoms with Crippen LogP contribution in [0.25, 0.3) is 0 Å². The fourth-order valence-corrected chi connectivity index (χ4v) is 6.24. The van der Waals surface area contributed by atoms with Gasteiger partial charge >= 0.3 is 5.97 Å². The molecule has 0 fully saturated rings. The minimum absolute atomic E-state index is 0.0153. The number of amides is 8.